The molecule has 1 aromatic rings. The first-order valence-electron chi connectivity index (χ1n) is 1.32. The molecule has 0 amide bonds. The van der Waals surface area contributed by atoms with Crippen LogP contribution in [-0.2, 0) is 0 Å². The van der Waals surface area contributed by atoms with Crippen molar-refractivity contribution < 1.29 is 4.33 Å². The first-order chi connectivity index (χ1) is 2.50. The van der Waals surface area contributed by atoms with Gasteiger partial charge in [0.2, 0.25) is 0 Å². The summed E-state index contributed by atoms with van der Waals surface area (Å²) in [5, 5.41) is 0. The van der Waals surface area contributed by atoms with Gasteiger partial charge in [0.25, 0.3) is 0 Å². The maximum atomic E-state index is 4.47. The quantitative estimate of drug-likeness (QED) is 0.427. The molecule has 0 aliphatic carbocycles. The van der Waals surface area contributed by atoms with Crippen LogP contribution in [0.3, 0.4) is 0 Å². The van der Waals surface area contributed by atoms with Crippen LogP contribution in [0.5, 0.6) is 0 Å². The third-order valence-electron chi connectivity index (χ3n) is 0.347. The Morgan fingerprint density at radius 1 is 1.80 bits per heavy atom. The van der Waals surface area contributed by atoms with E-state index < -0.39 is 0 Å². The second kappa shape index (κ2) is 1.01. The summed E-state index contributed by atoms with van der Waals surface area (Å²) in [4.78, 5) is 3.56. The van der Waals surface area contributed by atoms with Crippen molar-refractivity contribution in [1.29, 1.82) is 0 Å². The van der Waals surface area contributed by atoms with E-state index in [0.29, 0.717) is 0 Å². The van der Waals surface area contributed by atoms with Crippen molar-refractivity contribution in [2.45, 2.75) is 0 Å². The van der Waals surface area contributed by atoms with Gasteiger partial charge in [0.1, 0.15) is 0 Å². The molecule has 24 valence electrons. The molecule has 0 saturated carbocycles. The van der Waals surface area contributed by atoms with E-state index in [0.717, 1.165) is 0 Å². The van der Waals surface area contributed by atoms with Gasteiger partial charge in [0.15, 0.2) is 0 Å². The Morgan fingerprint density at radius 2 is 2.80 bits per heavy atom. The second-order valence-corrected chi connectivity index (χ2v) is 0.676. The Kier molecular flexibility index (Phi) is 0.534. The van der Waals surface area contributed by atoms with Crippen molar-refractivity contribution in [3.05, 3.63) is 12.5 Å². The third-order valence-corrected chi connectivity index (χ3v) is 0.347. The molecule has 2 nitrogen and oxygen atoms in total. The van der Waals surface area contributed by atoms with Gasteiger partial charge in [-0.15, -0.1) is 0 Å². The number of rotatable bonds is 0. The van der Waals surface area contributed by atoms with E-state index in [1.54, 1.807) is 6.09 Å². The van der Waals surface area contributed by atoms with Gasteiger partial charge in [-0.05, 0) is 0 Å². The summed E-state index contributed by atoms with van der Waals surface area (Å²) in [6.07, 6.45) is 2.96. The maximum absolute atomic E-state index is 4.47. The van der Waals surface area contributed by atoms with Gasteiger partial charge >= 0.3 is 28.9 Å². The van der Waals surface area contributed by atoms with Crippen molar-refractivity contribution >= 4 is 7.13 Å². The molecular weight excluding hydrogens is 64.8 g/mol. The molecule has 0 fully saturated rings. The molecule has 0 radical (unpaired) electrons. The van der Waals surface area contributed by atoms with E-state index in [-0.39, 0.29) is 0 Å². The monoisotopic (exact) mass is 67.0 g/mol. The zero-order valence-corrected chi connectivity index (χ0v) is 2.59. The van der Waals surface area contributed by atoms with E-state index in [2.05, 4.69) is 9.32 Å². The topological polar surface area (TPSA) is 26.0 Å². The molecular formula is C2H2BNO. The molecule has 3 heteroatoms. The molecule has 0 unspecified atom stereocenters. The molecule has 0 aromatic carbocycles. The normalized spacial score (nSPS) is 7.20. The number of hydrogen-bond acceptors (Lipinski definition) is 2. The fraction of sp³-hybridized carbons (Fsp3) is 0. The molecule has 0 aliphatic heterocycles. The van der Waals surface area contributed by atoms with Crippen LogP contribution in [0, 0.1) is 0 Å². The van der Waals surface area contributed by atoms with Crippen LogP contribution in [0.25, 0.3) is 0 Å². The van der Waals surface area contributed by atoms with Crippen LogP contribution in [0.4, 0.5) is 0 Å². The van der Waals surface area contributed by atoms with Crippen molar-refractivity contribution in [1.82, 2.24) is 4.98 Å². The van der Waals surface area contributed by atoms with Crippen molar-refractivity contribution in [2.75, 3.05) is 0 Å². The first kappa shape index (κ1) is 2.63. The SMILES string of the molecule is b1cnco1. The summed E-state index contributed by atoms with van der Waals surface area (Å²) in [6, 6.07) is 0. The minimum absolute atomic E-state index is 1.38. The van der Waals surface area contributed by atoms with Gasteiger partial charge in [0.05, 0.1) is 0 Å². The third kappa shape index (κ3) is 0.346. The zero-order chi connectivity index (χ0) is 3.54. The van der Waals surface area contributed by atoms with E-state index in [4.69, 9.17) is 0 Å². The summed E-state index contributed by atoms with van der Waals surface area (Å²) in [7, 11) is 1.51. The van der Waals surface area contributed by atoms with Gasteiger partial charge < -0.3 is 0 Å². The van der Waals surface area contributed by atoms with Gasteiger partial charge in [-0.3, -0.25) is 0 Å². The summed E-state index contributed by atoms with van der Waals surface area (Å²) in [6.45, 7) is 0. The fourth-order valence-corrected chi connectivity index (χ4v) is 0.176. The predicted octanol–water partition coefficient (Wildman–Crippen LogP) is 0.0127. The minimum atomic E-state index is 1.38. The number of nitrogens with zero attached hydrogens (tertiary/aromatic N) is 1. The van der Waals surface area contributed by atoms with Gasteiger partial charge in [-0.2, -0.15) is 0 Å². The molecule has 0 aliphatic rings. The fourth-order valence-electron chi connectivity index (χ4n) is 0.176. The Hall–Kier alpha value is -0.595. The Labute approximate surface area is 30.1 Å². The predicted molar refractivity (Wildman–Crippen MR) is 17.8 cm³/mol. The molecule has 0 atom stereocenters. The second-order valence-electron chi connectivity index (χ2n) is 0.676. The van der Waals surface area contributed by atoms with Gasteiger partial charge in [-0.25, -0.2) is 0 Å². The Balaban J connectivity index is 3.13. The van der Waals surface area contributed by atoms with E-state index in [1.165, 1.54) is 13.5 Å². The van der Waals surface area contributed by atoms with Crippen LogP contribution in [0.1, 0.15) is 0 Å². The van der Waals surface area contributed by atoms with Crippen molar-refractivity contribution in [2.24, 2.45) is 0 Å². The number of aromatic nitrogens is 1. The van der Waals surface area contributed by atoms with Crippen LogP contribution in [0.15, 0.2) is 16.8 Å². The molecule has 1 aromatic heterocycles. The summed E-state index contributed by atoms with van der Waals surface area (Å²) >= 11 is 0. The Bertz CT molecular complexity index is 66.1. The van der Waals surface area contributed by atoms with Crippen LogP contribution in [0.2, 0.25) is 0 Å². The van der Waals surface area contributed by atoms with E-state index >= 15 is 0 Å². The van der Waals surface area contributed by atoms with Crippen molar-refractivity contribution in [3.63, 3.8) is 0 Å². The zero-order valence-electron chi connectivity index (χ0n) is 2.59. The molecule has 0 bridgehead atoms. The number of hydrogen-bond donors (Lipinski definition) is 0. The summed E-state index contributed by atoms with van der Waals surface area (Å²) < 4.78 is 4.47. The van der Waals surface area contributed by atoms with Gasteiger partial charge in [0, 0.05) is 0 Å². The van der Waals surface area contributed by atoms with Crippen LogP contribution in [-0.4, -0.2) is 12.1 Å². The average molecular weight is 66.9 g/mol. The summed E-state index contributed by atoms with van der Waals surface area (Å²) in [5.74, 6) is 0. The molecule has 0 N–H and O–H groups in total. The van der Waals surface area contributed by atoms with E-state index in [9.17, 15) is 0 Å². The molecule has 1 heterocycles. The van der Waals surface area contributed by atoms with E-state index in [1.807, 2.05) is 0 Å². The molecule has 0 saturated heterocycles. The molecule has 5 heavy (non-hydrogen) atoms. The first-order valence-corrected chi connectivity index (χ1v) is 1.32. The standard InChI is InChI=1S/C2H2BNO/c1-3-5-2-4-1/h1-2H. The van der Waals surface area contributed by atoms with Crippen LogP contribution >= 0.6 is 0 Å². The summed E-state index contributed by atoms with van der Waals surface area (Å²) in [5.41, 5.74) is 0. The Morgan fingerprint density at radius 3 is 3.00 bits per heavy atom. The molecule has 1 rings (SSSR count). The average Bonchev–Trinajstić information content (AvgIpc) is 1.76. The van der Waals surface area contributed by atoms with Crippen molar-refractivity contribution in [3.8, 4) is 0 Å². The molecule has 0 spiro atoms. The van der Waals surface area contributed by atoms with Gasteiger partial charge in [-0.1, -0.05) is 0 Å². The van der Waals surface area contributed by atoms with Crippen LogP contribution < -0.4 is 0 Å².